The Kier molecular flexibility index (Phi) is 7.14. The molecule has 0 N–H and O–H groups in total. The fraction of sp³-hybridized carbons (Fsp3) is 0.474. The van der Waals surface area contributed by atoms with Crippen LogP contribution in [-0.4, -0.2) is 35.7 Å². The monoisotopic (exact) mass is 414 g/mol. The van der Waals surface area contributed by atoms with Crippen molar-refractivity contribution in [3.05, 3.63) is 47.7 Å². The van der Waals surface area contributed by atoms with Crippen molar-refractivity contribution in [2.24, 2.45) is 0 Å². The lowest BCUT2D eigenvalue weighted by Crippen LogP contribution is -2.27. The van der Waals surface area contributed by atoms with Crippen LogP contribution in [0.25, 0.3) is 0 Å². The first-order valence-corrected chi connectivity index (χ1v) is 10.1. The molecule has 2 heterocycles. The van der Waals surface area contributed by atoms with Gasteiger partial charge in [0.1, 0.15) is 18.3 Å². The van der Waals surface area contributed by atoms with E-state index in [2.05, 4.69) is 9.97 Å². The molecule has 1 aromatic heterocycles. The van der Waals surface area contributed by atoms with Gasteiger partial charge in [-0.25, -0.2) is 4.98 Å². The average Bonchev–Trinajstić information content (AvgIpc) is 2.71. The van der Waals surface area contributed by atoms with E-state index >= 15 is 0 Å². The van der Waals surface area contributed by atoms with Crippen LogP contribution in [0.15, 0.2) is 41.7 Å². The molecular formula is C19H21F3N2O3S. The maximum Gasteiger partial charge on any atom is 0.423 e. The SMILES string of the molecule is CSc1ncc(C(F)(F)F)c(OCC(OC2CCCCO2)c2ccccc2)n1. The van der Waals surface area contributed by atoms with Crippen molar-refractivity contribution in [2.75, 3.05) is 19.5 Å². The highest BCUT2D eigenvalue weighted by atomic mass is 32.2. The molecule has 0 amide bonds. The molecule has 0 radical (unpaired) electrons. The Morgan fingerprint density at radius 2 is 2.04 bits per heavy atom. The van der Waals surface area contributed by atoms with Gasteiger partial charge in [0.15, 0.2) is 11.4 Å². The molecule has 1 saturated heterocycles. The first kappa shape index (κ1) is 20.9. The van der Waals surface area contributed by atoms with Gasteiger partial charge < -0.3 is 14.2 Å². The second-order valence-corrected chi connectivity index (χ2v) is 6.99. The van der Waals surface area contributed by atoms with Gasteiger partial charge in [-0.2, -0.15) is 18.2 Å². The zero-order chi connectivity index (χ0) is 20.0. The molecule has 152 valence electrons. The van der Waals surface area contributed by atoms with Crippen LogP contribution in [0, 0.1) is 0 Å². The van der Waals surface area contributed by atoms with Crippen LogP contribution >= 0.6 is 11.8 Å². The van der Waals surface area contributed by atoms with Gasteiger partial charge in [0.05, 0.1) is 0 Å². The van der Waals surface area contributed by atoms with Crippen LogP contribution in [0.2, 0.25) is 0 Å². The molecule has 0 bridgehead atoms. The molecule has 0 saturated carbocycles. The molecule has 1 aromatic carbocycles. The Morgan fingerprint density at radius 3 is 2.68 bits per heavy atom. The molecule has 3 rings (SSSR count). The van der Waals surface area contributed by atoms with Gasteiger partial charge in [-0.05, 0) is 31.1 Å². The van der Waals surface area contributed by atoms with E-state index in [1.54, 1.807) is 6.26 Å². The molecule has 1 fully saturated rings. The highest BCUT2D eigenvalue weighted by Gasteiger charge is 2.36. The normalized spacial score (nSPS) is 18.6. The minimum atomic E-state index is -4.61. The Bertz CT molecular complexity index is 756. The number of nitrogens with zero attached hydrogens (tertiary/aromatic N) is 2. The maximum atomic E-state index is 13.3. The van der Waals surface area contributed by atoms with Crippen molar-refractivity contribution >= 4 is 11.8 Å². The van der Waals surface area contributed by atoms with E-state index in [0.717, 1.165) is 42.8 Å². The third-order valence-electron chi connectivity index (χ3n) is 4.22. The fourth-order valence-corrected chi connectivity index (χ4v) is 3.12. The standard InChI is InChI=1S/C19H21F3N2O3S/c1-28-18-23-11-14(19(20,21)22)17(24-18)26-12-15(13-7-3-2-4-8-13)27-16-9-5-6-10-25-16/h2-4,7-8,11,15-16H,5-6,9-10,12H2,1H3. The lowest BCUT2D eigenvalue weighted by molar-refractivity contribution is -0.195. The van der Waals surface area contributed by atoms with Gasteiger partial charge in [0, 0.05) is 12.8 Å². The summed E-state index contributed by atoms with van der Waals surface area (Å²) in [7, 11) is 0. The lowest BCUT2D eigenvalue weighted by atomic mass is 10.1. The van der Waals surface area contributed by atoms with Crippen molar-refractivity contribution in [3.63, 3.8) is 0 Å². The number of alkyl halides is 3. The summed E-state index contributed by atoms with van der Waals surface area (Å²) in [6.07, 6.45) is -0.480. The number of aromatic nitrogens is 2. The van der Waals surface area contributed by atoms with E-state index in [9.17, 15) is 13.2 Å². The van der Waals surface area contributed by atoms with Crippen molar-refractivity contribution < 1.29 is 27.4 Å². The molecular weight excluding hydrogens is 393 g/mol. The number of thioether (sulfide) groups is 1. The number of ether oxygens (including phenoxy) is 3. The minimum absolute atomic E-state index is 0.127. The molecule has 2 unspecified atom stereocenters. The fourth-order valence-electron chi connectivity index (χ4n) is 2.79. The van der Waals surface area contributed by atoms with E-state index in [0.29, 0.717) is 6.61 Å². The zero-order valence-corrected chi connectivity index (χ0v) is 16.1. The molecule has 2 aromatic rings. The Labute approximate surface area is 165 Å². The van der Waals surface area contributed by atoms with Gasteiger partial charge in [-0.3, -0.25) is 0 Å². The quantitative estimate of drug-likeness (QED) is 0.475. The number of hydrogen-bond donors (Lipinski definition) is 0. The maximum absolute atomic E-state index is 13.3. The van der Waals surface area contributed by atoms with Gasteiger partial charge in [0.2, 0.25) is 5.88 Å². The summed E-state index contributed by atoms with van der Waals surface area (Å²) in [5.74, 6) is -0.499. The van der Waals surface area contributed by atoms with E-state index in [-0.39, 0.29) is 11.8 Å². The van der Waals surface area contributed by atoms with Gasteiger partial charge in [0.25, 0.3) is 0 Å². The van der Waals surface area contributed by atoms with Crippen LogP contribution in [0.1, 0.15) is 36.5 Å². The van der Waals surface area contributed by atoms with Crippen molar-refractivity contribution in [1.82, 2.24) is 9.97 Å². The summed E-state index contributed by atoms with van der Waals surface area (Å²) < 4.78 is 57.0. The number of halogens is 3. The first-order chi connectivity index (χ1) is 13.5. The topological polar surface area (TPSA) is 53.5 Å². The molecule has 9 heteroatoms. The lowest BCUT2D eigenvalue weighted by Gasteiger charge is -2.28. The Balaban J connectivity index is 1.79. The largest absolute Gasteiger partial charge is 0.474 e. The summed E-state index contributed by atoms with van der Waals surface area (Å²) in [6, 6.07) is 9.22. The van der Waals surface area contributed by atoms with E-state index < -0.39 is 30.0 Å². The number of rotatable bonds is 7. The van der Waals surface area contributed by atoms with Crippen molar-refractivity contribution in [1.29, 1.82) is 0 Å². The number of benzene rings is 1. The average molecular weight is 414 g/mol. The molecule has 0 aliphatic carbocycles. The smallest absolute Gasteiger partial charge is 0.423 e. The van der Waals surface area contributed by atoms with Gasteiger partial charge in [-0.15, -0.1) is 0 Å². The molecule has 2 atom stereocenters. The van der Waals surface area contributed by atoms with Crippen LogP contribution in [0.3, 0.4) is 0 Å². The summed E-state index contributed by atoms with van der Waals surface area (Å²) in [5, 5.41) is 0.204. The second kappa shape index (κ2) is 9.58. The van der Waals surface area contributed by atoms with Crippen LogP contribution in [0.4, 0.5) is 13.2 Å². The molecule has 1 aliphatic rings. The molecule has 28 heavy (non-hydrogen) atoms. The third kappa shape index (κ3) is 5.59. The molecule has 5 nitrogen and oxygen atoms in total. The third-order valence-corrected chi connectivity index (χ3v) is 4.78. The van der Waals surface area contributed by atoms with E-state index in [1.165, 1.54) is 0 Å². The second-order valence-electron chi connectivity index (χ2n) is 6.22. The van der Waals surface area contributed by atoms with Gasteiger partial charge >= 0.3 is 6.18 Å². The van der Waals surface area contributed by atoms with Crippen molar-refractivity contribution in [3.8, 4) is 5.88 Å². The Hall–Kier alpha value is -1.84. The zero-order valence-electron chi connectivity index (χ0n) is 15.3. The summed E-state index contributed by atoms with van der Waals surface area (Å²) in [5.41, 5.74) is -0.213. The summed E-state index contributed by atoms with van der Waals surface area (Å²) >= 11 is 1.14. The van der Waals surface area contributed by atoms with E-state index in [4.69, 9.17) is 14.2 Å². The van der Waals surface area contributed by atoms with Gasteiger partial charge in [-0.1, -0.05) is 42.1 Å². The first-order valence-electron chi connectivity index (χ1n) is 8.90. The highest BCUT2D eigenvalue weighted by molar-refractivity contribution is 7.98. The predicted molar refractivity (Wildman–Crippen MR) is 98.2 cm³/mol. The summed E-state index contributed by atoms with van der Waals surface area (Å²) in [6.45, 7) is 0.478. The molecule has 1 aliphatic heterocycles. The minimum Gasteiger partial charge on any atom is -0.474 e. The Morgan fingerprint density at radius 1 is 1.25 bits per heavy atom. The highest BCUT2D eigenvalue weighted by Crippen LogP contribution is 2.36. The van der Waals surface area contributed by atoms with Crippen LogP contribution < -0.4 is 4.74 Å². The van der Waals surface area contributed by atoms with Crippen molar-refractivity contribution in [2.45, 2.75) is 43.0 Å². The predicted octanol–water partition coefficient (Wildman–Crippen LogP) is 4.88. The van der Waals surface area contributed by atoms with E-state index in [1.807, 2.05) is 30.3 Å². The molecule has 0 spiro atoms. The summed E-state index contributed by atoms with van der Waals surface area (Å²) in [4.78, 5) is 7.60. The number of hydrogen-bond acceptors (Lipinski definition) is 6. The van der Waals surface area contributed by atoms with Crippen LogP contribution in [-0.2, 0) is 15.7 Å². The van der Waals surface area contributed by atoms with Crippen LogP contribution in [0.5, 0.6) is 5.88 Å².